The normalized spacial score (nSPS) is 28.1. The molecule has 1 aromatic rings. The van der Waals surface area contributed by atoms with Gasteiger partial charge in [-0.25, -0.2) is 0 Å². The molecule has 1 aromatic heterocycles. The summed E-state index contributed by atoms with van der Waals surface area (Å²) >= 11 is 1.85. The molecule has 1 fully saturated rings. The molecule has 1 aliphatic carbocycles. The van der Waals surface area contributed by atoms with E-state index in [0.29, 0.717) is 18.1 Å². The van der Waals surface area contributed by atoms with Gasteiger partial charge in [-0.05, 0) is 44.1 Å². The first-order valence-electron chi connectivity index (χ1n) is 5.78. The number of thiophene rings is 1. The fraction of sp³-hybridized carbons (Fsp3) is 0.667. The van der Waals surface area contributed by atoms with Crippen molar-refractivity contribution in [3.63, 3.8) is 0 Å². The van der Waals surface area contributed by atoms with Crippen LogP contribution < -0.4 is 11.1 Å². The first-order chi connectivity index (χ1) is 7.24. The topological polar surface area (TPSA) is 38.0 Å². The van der Waals surface area contributed by atoms with Gasteiger partial charge in [-0.3, -0.25) is 0 Å². The van der Waals surface area contributed by atoms with Crippen molar-refractivity contribution in [3.8, 4) is 0 Å². The van der Waals surface area contributed by atoms with Gasteiger partial charge >= 0.3 is 0 Å². The van der Waals surface area contributed by atoms with Crippen molar-refractivity contribution < 1.29 is 0 Å². The lowest BCUT2D eigenvalue weighted by Crippen LogP contribution is -2.36. The minimum atomic E-state index is 0.427. The smallest absolute Gasteiger partial charge is 0.00896 e. The molecule has 0 aromatic carbocycles. The molecule has 15 heavy (non-hydrogen) atoms. The van der Waals surface area contributed by atoms with Crippen molar-refractivity contribution in [2.45, 2.75) is 50.7 Å². The average Bonchev–Trinajstić information content (AvgIpc) is 2.77. The predicted octanol–water partition coefficient (Wildman–Crippen LogP) is 2.15. The molecule has 1 heterocycles. The van der Waals surface area contributed by atoms with E-state index in [1.807, 2.05) is 11.3 Å². The van der Waals surface area contributed by atoms with Crippen molar-refractivity contribution in [3.05, 3.63) is 22.4 Å². The van der Waals surface area contributed by atoms with Crippen LogP contribution in [0.2, 0.25) is 0 Å². The Labute approximate surface area is 95.9 Å². The Balaban J connectivity index is 1.75. The standard InChI is InChI=1S/C12H20N2S/c1-9(7-12-3-2-6-15-12)14-11-5-4-10(13)8-11/h2-3,6,9-11,14H,4-5,7-8,13H2,1H3. The van der Waals surface area contributed by atoms with Gasteiger partial charge < -0.3 is 11.1 Å². The van der Waals surface area contributed by atoms with E-state index in [0.717, 1.165) is 12.8 Å². The third kappa shape index (κ3) is 3.30. The van der Waals surface area contributed by atoms with E-state index in [9.17, 15) is 0 Å². The fourth-order valence-corrected chi connectivity index (χ4v) is 3.19. The van der Waals surface area contributed by atoms with Crippen molar-refractivity contribution in [2.75, 3.05) is 0 Å². The second-order valence-corrected chi connectivity index (χ2v) is 5.65. The SMILES string of the molecule is CC(Cc1cccs1)NC1CCC(N)C1. The third-order valence-corrected chi connectivity index (χ3v) is 3.98. The van der Waals surface area contributed by atoms with Crippen LogP contribution >= 0.6 is 11.3 Å². The first-order valence-corrected chi connectivity index (χ1v) is 6.66. The number of nitrogens with two attached hydrogens (primary N) is 1. The van der Waals surface area contributed by atoms with Crippen LogP contribution in [0.1, 0.15) is 31.1 Å². The van der Waals surface area contributed by atoms with E-state index >= 15 is 0 Å². The third-order valence-electron chi connectivity index (χ3n) is 3.08. The monoisotopic (exact) mass is 224 g/mol. The van der Waals surface area contributed by atoms with Gasteiger partial charge in [0.2, 0.25) is 0 Å². The van der Waals surface area contributed by atoms with Gasteiger partial charge in [-0.1, -0.05) is 6.07 Å². The summed E-state index contributed by atoms with van der Waals surface area (Å²) in [6.07, 6.45) is 4.72. The fourth-order valence-electron chi connectivity index (χ4n) is 2.36. The van der Waals surface area contributed by atoms with Crippen molar-refractivity contribution in [1.82, 2.24) is 5.32 Å². The summed E-state index contributed by atoms with van der Waals surface area (Å²) in [7, 11) is 0. The molecule has 2 rings (SSSR count). The molecule has 0 radical (unpaired) electrons. The van der Waals surface area contributed by atoms with Crippen LogP contribution in [0.5, 0.6) is 0 Å². The quantitative estimate of drug-likeness (QED) is 0.822. The highest BCUT2D eigenvalue weighted by Crippen LogP contribution is 2.18. The Morgan fingerprint density at radius 1 is 1.60 bits per heavy atom. The molecule has 3 heteroatoms. The molecule has 1 aliphatic rings. The van der Waals surface area contributed by atoms with E-state index in [-0.39, 0.29) is 0 Å². The van der Waals surface area contributed by atoms with Crippen LogP contribution in [0.4, 0.5) is 0 Å². The molecule has 3 N–H and O–H groups in total. The summed E-state index contributed by atoms with van der Waals surface area (Å²) in [6.45, 7) is 2.27. The van der Waals surface area contributed by atoms with Gasteiger partial charge in [0, 0.05) is 23.0 Å². The van der Waals surface area contributed by atoms with E-state index in [1.54, 1.807) is 0 Å². The maximum atomic E-state index is 5.90. The Kier molecular flexibility index (Phi) is 3.78. The highest BCUT2D eigenvalue weighted by Gasteiger charge is 2.22. The highest BCUT2D eigenvalue weighted by atomic mass is 32.1. The van der Waals surface area contributed by atoms with Crippen molar-refractivity contribution in [2.24, 2.45) is 5.73 Å². The minimum absolute atomic E-state index is 0.427. The molecular formula is C12H20N2S. The van der Waals surface area contributed by atoms with Gasteiger partial charge in [0.05, 0.1) is 0 Å². The highest BCUT2D eigenvalue weighted by molar-refractivity contribution is 7.09. The molecule has 0 bridgehead atoms. The van der Waals surface area contributed by atoms with Gasteiger partial charge in [-0.15, -0.1) is 11.3 Å². The lowest BCUT2D eigenvalue weighted by atomic mass is 10.1. The van der Waals surface area contributed by atoms with Crippen LogP contribution in [0.3, 0.4) is 0 Å². The maximum Gasteiger partial charge on any atom is 0.00896 e. The first kappa shape index (κ1) is 11.1. The van der Waals surface area contributed by atoms with Gasteiger partial charge in [-0.2, -0.15) is 0 Å². The van der Waals surface area contributed by atoms with Gasteiger partial charge in [0.25, 0.3) is 0 Å². The largest absolute Gasteiger partial charge is 0.328 e. The maximum absolute atomic E-state index is 5.90. The average molecular weight is 224 g/mol. The second-order valence-electron chi connectivity index (χ2n) is 4.62. The molecule has 3 unspecified atom stereocenters. The van der Waals surface area contributed by atoms with Crippen LogP contribution in [-0.2, 0) is 6.42 Å². The molecule has 0 saturated heterocycles. The molecular weight excluding hydrogens is 204 g/mol. The number of hydrogen-bond acceptors (Lipinski definition) is 3. The van der Waals surface area contributed by atoms with Crippen LogP contribution in [0.15, 0.2) is 17.5 Å². The zero-order chi connectivity index (χ0) is 10.7. The van der Waals surface area contributed by atoms with E-state index < -0.39 is 0 Å². The molecule has 0 spiro atoms. The lowest BCUT2D eigenvalue weighted by Gasteiger charge is -2.18. The molecule has 84 valence electrons. The van der Waals surface area contributed by atoms with Crippen LogP contribution in [0, 0.1) is 0 Å². The van der Waals surface area contributed by atoms with Gasteiger partial charge in [0.1, 0.15) is 0 Å². The molecule has 0 aliphatic heterocycles. The Hall–Kier alpha value is -0.380. The number of nitrogens with one attached hydrogen (secondary N) is 1. The van der Waals surface area contributed by atoms with Crippen LogP contribution in [0.25, 0.3) is 0 Å². The molecule has 0 amide bonds. The van der Waals surface area contributed by atoms with Crippen molar-refractivity contribution in [1.29, 1.82) is 0 Å². The summed E-state index contributed by atoms with van der Waals surface area (Å²) in [6, 6.07) is 5.98. The second kappa shape index (κ2) is 5.10. The zero-order valence-corrected chi connectivity index (χ0v) is 10.1. The minimum Gasteiger partial charge on any atom is -0.328 e. The summed E-state index contributed by atoms with van der Waals surface area (Å²) in [5, 5.41) is 5.82. The predicted molar refractivity (Wildman–Crippen MR) is 66.2 cm³/mol. The zero-order valence-electron chi connectivity index (χ0n) is 9.28. The van der Waals surface area contributed by atoms with E-state index in [4.69, 9.17) is 5.73 Å². The number of rotatable bonds is 4. The van der Waals surface area contributed by atoms with Crippen LogP contribution in [-0.4, -0.2) is 18.1 Å². The Bertz CT molecular complexity index is 284. The molecule has 3 atom stereocenters. The molecule has 2 nitrogen and oxygen atoms in total. The van der Waals surface area contributed by atoms with E-state index in [2.05, 4.69) is 29.8 Å². The molecule has 1 saturated carbocycles. The summed E-state index contributed by atoms with van der Waals surface area (Å²) in [5.41, 5.74) is 5.90. The summed E-state index contributed by atoms with van der Waals surface area (Å²) in [5.74, 6) is 0. The van der Waals surface area contributed by atoms with E-state index in [1.165, 1.54) is 17.7 Å². The summed E-state index contributed by atoms with van der Waals surface area (Å²) < 4.78 is 0. The number of hydrogen-bond donors (Lipinski definition) is 2. The lowest BCUT2D eigenvalue weighted by molar-refractivity contribution is 0.446. The van der Waals surface area contributed by atoms with Crippen molar-refractivity contribution >= 4 is 11.3 Å². The van der Waals surface area contributed by atoms with Gasteiger partial charge in [0.15, 0.2) is 0 Å². The summed E-state index contributed by atoms with van der Waals surface area (Å²) in [4.78, 5) is 1.47. The Morgan fingerprint density at radius 2 is 2.47 bits per heavy atom. The Morgan fingerprint density at radius 3 is 3.07 bits per heavy atom.